The lowest BCUT2D eigenvalue weighted by Crippen LogP contribution is -2.36. The first-order chi connectivity index (χ1) is 8.69. The van der Waals surface area contributed by atoms with Crippen molar-refractivity contribution in [2.24, 2.45) is 5.92 Å². The Bertz CT molecular complexity index is 395. The molecule has 2 rings (SSSR count). The van der Waals surface area contributed by atoms with Crippen LogP contribution in [0.4, 0.5) is 0 Å². The number of rotatable bonds is 4. The molecule has 0 amide bonds. The molecule has 1 heterocycles. The molecule has 0 bridgehead atoms. The molecule has 0 aliphatic carbocycles. The first-order valence-corrected chi connectivity index (χ1v) is 7.10. The zero-order chi connectivity index (χ0) is 13.0. The highest BCUT2D eigenvalue weighted by molar-refractivity contribution is 6.42. The minimum atomic E-state index is 0.622. The maximum atomic E-state index is 6.04. The summed E-state index contributed by atoms with van der Waals surface area (Å²) in [5, 5.41) is 1.26. The summed E-state index contributed by atoms with van der Waals surface area (Å²) in [6.45, 7) is 4.06. The Hall–Kier alpha value is -0.280. The minimum absolute atomic E-state index is 0.622. The van der Waals surface area contributed by atoms with Gasteiger partial charge in [-0.3, -0.25) is 4.90 Å². The van der Waals surface area contributed by atoms with Crippen LogP contribution < -0.4 is 0 Å². The number of piperidine rings is 1. The van der Waals surface area contributed by atoms with Crippen molar-refractivity contribution in [3.05, 3.63) is 33.8 Å². The van der Waals surface area contributed by atoms with E-state index in [0.29, 0.717) is 16.0 Å². The third kappa shape index (κ3) is 3.86. The van der Waals surface area contributed by atoms with E-state index in [1.165, 1.54) is 18.4 Å². The maximum absolute atomic E-state index is 6.04. The number of ether oxygens (including phenoxy) is 1. The monoisotopic (exact) mass is 287 g/mol. The Morgan fingerprint density at radius 3 is 2.89 bits per heavy atom. The van der Waals surface area contributed by atoms with Crippen LogP contribution in [0.3, 0.4) is 0 Å². The van der Waals surface area contributed by atoms with Crippen LogP contribution in [0.15, 0.2) is 18.2 Å². The largest absolute Gasteiger partial charge is 0.384 e. The van der Waals surface area contributed by atoms with Gasteiger partial charge in [0.1, 0.15) is 0 Å². The van der Waals surface area contributed by atoms with Crippen molar-refractivity contribution in [3.8, 4) is 0 Å². The number of hydrogen-bond acceptors (Lipinski definition) is 2. The fourth-order valence-electron chi connectivity index (χ4n) is 2.56. The van der Waals surface area contributed by atoms with Crippen LogP contribution in [0, 0.1) is 5.92 Å². The number of halogens is 2. The van der Waals surface area contributed by atoms with E-state index in [1.807, 2.05) is 18.2 Å². The van der Waals surface area contributed by atoms with Gasteiger partial charge in [-0.1, -0.05) is 29.3 Å². The molecule has 2 nitrogen and oxygen atoms in total. The second-order valence-electron chi connectivity index (χ2n) is 4.95. The molecule has 1 aromatic rings. The molecule has 18 heavy (non-hydrogen) atoms. The standard InChI is InChI=1S/C14H19Cl2NO/c1-18-10-12-3-2-6-17(9-12)8-11-4-5-13(15)14(16)7-11/h4-5,7,12H,2-3,6,8-10H2,1H3/t12-/m1/s1. The summed E-state index contributed by atoms with van der Waals surface area (Å²) in [6.07, 6.45) is 2.51. The molecule has 0 radical (unpaired) electrons. The average Bonchev–Trinajstić information content (AvgIpc) is 2.35. The van der Waals surface area contributed by atoms with Gasteiger partial charge in [-0.25, -0.2) is 0 Å². The van der Waals surface area contributed by atoms with Gasteiger partial charge in [0.25, 0.3) is 0 Å². The van der Waals surface area contributed by atoms with Gasteiger partial charge in [-0.05, 0) is 43.0 Å². The van der Waals surface area contributed by atoms with Crippen molar-refractivity contribution < 1.29 is 4.74 Å². The fourth-order valence-corrected chi connectivity index (χ4v) is 2.88. The van der Waals surface area contributed by atoms with Gasteiger partial charge in [0, 0.05) is 20.2 Å². The first kappa shape index (κ1) is 14.1. The van der Waals surface area contributed by atoms with E-state index in [-0.39, 0.29) is 0 Å². The highest BCUT2D eigenvalue weighted by atomic mass is 35.5. The van der Waals surface area contributed by atoms with E-state index in [9.17, 15) is 0 Å². The quantitative estimate of drug-likeness (QED) is 0.834. The predicted molar refractivity (Wildman–Crippen MR) is 76.3 cm³/mol. The summed E-state index contributed by atoms with van der Waals surface area (Å²) in [6, 6.07) is 5.88. The van der Waals surface area contributed by atoms with Crippen LogP contribution in [0.5, 0.6) is 0 Å². The van der Waals surface area contributed by atoms with Gasteiger partial charge < -0.3 is 4.74 Å². The first-order valence-electron chi connectivity index (χ1n) is 6.34. The molecule has 1 aliphatic heterocycles. The number of benzene rings is 1. The van der Waals surface area contributed by atoms with Gasteiger partial charge >= 0.3 is 0 Å². The molecule has 4 heteroatoms. The highest BCUT2D eigenvalue weighted by Gasteiger charge is 2.19. The molecule has 1 aliphatic rings. The number of nitrogens with zero attached hydrogens (tertiary/aromatic N) is 1. The average molecular weight is 288 g/mol. The summed E-state index contributed by atoms with van der Waals surface area (Å²) in [5.41, 5.74) is 1.22. The lowest BCUT2D eigenvalue weighted by atomic mass is 9.98. The summed E-state index contributed by atoms with van der Waals surface area (Å²) < 4.78 is 5.25. The molecule has 0 spiro atoms. The zero-order valence-electron chi connectivity index (χ0n) is 10.7. The van der Waals surface area contributed by atoms with Crippen LogP contribution in [0.1, 0.15) is 18.4 Å². The SMILES string of the molecule is COC[C@@H]1CCCN(Cc2ccc(Cl)c(Cl)c2)C1. The number of methoxy groups -OCH3 is 1. The van der Waals surface area contributed by atoms with Crippen molar-refractivity contribution in [3.63, 3.8) is 0 Å². The van der Waals surface area contributed by atoms with Crippen molar-refractivity contribution in [2.75, 3.05) is 26.8 Å². The molecule has 0 N–H and O–H groups in total. The lowest BCUT2D eigenvalue weighted by Gasteiger charge is -2.32. The third-order valence-electron chi connectivity index (χ3n) is 3.40. The molecular formula is C14H19Cl2NO. The van der Waals surface area contributed by atoms with Gasteiger partial charge in [0.05, 0.1) is 16.7 Å². The van der Waals surface area contributed by atoms with Crippen LogP contribution in [-0.2, 0) is 11.3 Å². The Morgan fingerprint density at radius 2 is 2.17 bits per heavy atom. The molecule has 0 aromatic heterocycles. The summed E-state index contributed by atoms with van der Waals surface area (Å²) in [4.78, 5) is 2.47. The summed E-state index contributed by atoms with van der Waals surface area (Å²) >= 11 is 12.0. The van der Waals surface area contributed by atoms with E-state index < -0.39 is 0 Å². The normalized spacial score (nSPS) is 21.2. The van der Waals surface area contributed by atoms with E-state index in [2.05, 4.69) is 4.90 Å². The van der Waals surface area contributed by atoms with Gasteiger partial charge in [-0.15, -0.1) is 0 Å². The van der Waals surface area contributed by atoms with Crippen LogP contribution in [-0.4, -0.2) is 31.7 Å². The van der Waals surface area contributed by atoms with E-state index in [1.54, 1.807) is 7.11 Å². The van der Waals surface area contributed by atoms with Crippen molar-refractivity contribution in [1.29, 1.82) is 0 Å². The highest BCUT2D eigenvalue weighted by Crippen LogP contribution is 2.24. The van der Waals surface area contributed by atoms with E-state index >= 15 is 0 Å². The second kappa shape index (κ2) is 6.76. The van der Waals surface area contributed by atoms with Crippen molar-refractivity contribution in [1.82, 2.24) is 4.90 Å². The minimum Gasteiger partial charge on any atom is -0.384 e. The van der Waals surface area contributed by atoms with E-state index in [0.717, 1.165) is 26.2 Å². The van der Waals surface area contributed by atoms with Crippen LogP contribution in [0.2, 0.25) is 10.0 Å². The van der Waals surface area contributed by atoms with Gasteiger partial charge in [0.2, 0.25) is 0 Å². The van der Waals surface area contributed by atoms with Gasteiger partial charge in [-0.2, -0.15) is 0 Å². The topological polar surface area (TPSA) is 12.5 Å². The molecule has 1 fully saturated rings. The summed E-state index contributed by atoms with van der Waals surface area (Å²) in [5.74, 6) is 0.659. The molecule has 0 saturated carbocycles. The molecule has 0 unspecified atom stereocenters. The Balaban J connectivity index is 1.93. The number of hydrogen-bond donors (Lipinski definition) is 0. The van der Waals surface area contributed by atoms with E-state index in [4.69, 9.17) is 27.9 Å². The van der Waals surface area contributed by atoms with Crippen LogP contribution in [0.25, 0.3) is 0 Å². The second-order valence-corrected chi connectivity index (χ2v) is 5.76. The zero-order valence-corrected chi connectivity index (χ0v) is 12.2. The fraction of sp³-hybridized carbons (Fsp3) is 0.571. The molecule has 1 aromatic carbocycles. The summed E-state index contributed by atoms with van der Waals surface area (Å²) in [7, 11) is 1.78. The molecule has 100 valence electrons. The molecule has 1 atom stereocenters. The number of likely N-dealkylation sites (tertiary alicyclic amines) is 1. The van der Waals surface area contributed by atoms with Crippen molar-refractivity contribution in [2.45, 2.75) is 19.4 Å². The lowest BCUT2D eigenvalue weighted by molar-refractivity contribution is 0.0874. The Labute approximate surface area is 119 Å². The predicted octanol–water partition coefficient (Wildman–Crippen LogP) is 3.85. The Morgan fingerprint density at radius 1 is 1.33 bits per heavy atom. The van der Waals surface area contributed by atoms with Crippen LogP contribution >= 0.6 is 23.2 Å². The third-order valence-corrected chi connectivity index (χ3v) is 4.13. The molecular weight excluding hydrogens is 269 g/mol. The van der Waals surface area contributed by atoms with Crippen molar-refractivity contribution >= 4 is 23.2 Å². The Kier molecular flexibility index (Phi) is 5.31. The smallest absolute Gasteiger partial charge is 0.0595 e. The molecule has 1 saturated heterocycles. The van der Waals surface area contributed by atoms with Gasteiger partial charge in [0.15, 0.2) is 0 Å². The maximum Gasteiger partial charge on any atom is 0.0595 e.